The number of ether oxygens (including phenoxy) is 2. The molecule has 1 saturated heterocycles. The fourth-order valence-corrected chi connectivity index (χ4v) is 5.67. The first kappa shape index (κ1) is 23.1. The average Bonchev–Trinajstić information content (AvgIpc) is 3.26. The van der Waals surface area contributed by atoms with Gasteiger partial charge in [-0.15, -0.1) is 0 Å². The van der Waals surface area contributed by atoms with E-state index in [1.165, 1.54) is 41.6 Å². The molecule has 2 aromatic carbocycles. The number of aromatic amines is 1. The van der Waals surface area contributed by atoms with Gasteiger partial charge in [0.2, 0.25) is 15.9 Å². The van der Waals surface area contributed by atoms with Gasteiger partial charge in [-0.05, 0) is 36.6 Å². The molecular weight excluding hydrogens is 442 g/mol. The van der Waals surface area contributed by atoms with Gasteiger partial charge in [0.25, 0.3) is 0 Å². The van der Waals surface area contributed by atoms with E-state index in [0.717, 1.165) is 18.4 Å². The van der Waals surface area contributed by atoms with Crippen molar-refractivity contribution in [2.75, 3.05) is 40.4 Å². The highest BCUT2D eigenvalue weighted by Crippen LogP contribution is 2.31. The fraction of sp³-hybridized carbons (Fsp3) is 0.375. The molecule has 1 aliphatic heterocycles. The van der Waals surface area contributed by atoms with Crippen LogP contribution in [0.1, 0.15) is 18.4 Å². The Kier molecular flexibility index (Phi) is 6.90. The van der Waals surface area contributed by atoms with E-state index >= 15 is 0 Å². The van der Waals surface area contributed by atoms with Crippen LogP contribution in [0.4, 0.5) is 0 Å². The number of nitrogens with zero attached hydrogens (tertiary/aromatic N) is 2. The summed E-state index contributed by atoms with van der Waals surface area (Å²) in [5.41, 5.74) is 2.31. The Morgan fingerprint density at radius 3 is 2.45 bits per heavy atom. The molecule has 1 fully saturated rings. The van der Waals surface area contributed by atoms with Crippen molar-refractivity contribution in [1.29, 1.82) is 0 Å². The van der Waals surface area contributed by atoms with Crippen LogP contribution < -0.4 is 9.47 Å². The number of aromatic nitrogens is 1. The molecule has 3 aromatic rings. The zero-order chi connectivity index (χ0) is 23.4. The van der Waals surface area contributed by atoms with Crippen LogP contribution in [0.15, 0.2) is 53.6 Å². The second-order valence-electron chi connectivity index (χ2n) is 8.01. The lowest BCUT2D eigenvalue weighted by atomic mass is 10.1. The summed E-state index contributed by atoms with van der Waals surface area (Å²) in [5, 5.41) is 1.19. The molecule has 176 valence electrons. The number of aryl methyl sites for hydroxylation is 1. The van der Waals surface area contributed by atoms with E-state index in [-0.39, 0.29) is 23.9 Å². The van der Waals surface area contributed by atoms with E-state index in [1.54, 1.807) is 11.0 Å². The molecule has 1 aliphatic rings. The quantitative estimate of drug-likeness (QED) is 0.545. The van der Waals surface area contributed by atoms with E-state index in [9.17, 15) is 13.2 Å². The molecule has 1 amide bonds. The number of sulfonamides is 1. The summed E-state index contributed by atoms with van der Waals surface area (Å²) in [6, 6.07) is 12.7. The summed E-state index contributed by atoms with van der Waals surface area (Å²) < 4.78 is 38.0. The molecule has 0 aliphatic carbocycles. The molecule has 9 heteroatoms. The van der Waals surface area contributed by atoms with Gasteiger partial charge in [-0.1, -0.05) is 18.2 Å². The summed E-state index contributed by atoms with van der Waals surface area (Å²) in [6.45, 7) is 1.31. The maximum absolute atomic E-state index is 13.1. The van der Waals surface area contributed by atoms with Crippen LogP contribution in [-0.4, -0.2) is 68.9 Å². The highest BCUT2D eigenvalue weighted by atomic mass is 32.2. The SMILES string of the molecule is COc1ccc(S(=O)(=O)N2CCN(C(=O)CCCc3c[nH]c4ccccc34)CC2)cc1OC. The monoisotopic (exact) mass is 471 g/mol. The van der Waals surface area contributed by atoms with Crippen LogP contribution in [0, 0.1) is 0 Å². The number of hydrogen-bond donors (Lipinski definition) is 1. The van der Waals surface area contributed by atoms with Gasteiger partial charge in [-0.25, -0.2) is 8.42 Å². The van der Waals surface area contributed by atoms with Crippen molar-refractivity contribution in [2.45, 2.75) is 24.2 Å². The molecule has 0 radical (unpaired) electrons. The van der Waals surface area contributed by atoms with Crippen molar-refractivity contribution in [2.24, 2.45) is 0 Å². The maximum Gasteiger partial charge on any atom is 0.243 e. The predicted octanol–water partition coefficient (Wildman–Crippen LogP) is 3.04. The van der Waals surface area contributed by atoms with Gasteiger partial charge in [-0.2, -0.15) is 4.31 Å². The first-order valence-corrected chi connectivity index (χ1v) is 12.4. The number of carbonyl (C=O) groups excluding carboxylic acids is 1. The first-order valence-electron chi connectivity index (χ1n) is 11.0. The van der Waals surface area contributed by atoms with Crippen LogP contribution in [0.2, 0.25) is 0 Å². The lowest BCUT2D eigenvalue weighted by Crippen LogP contribution is -2.50. The van der Waals surface area contributed by atoms with Crippen molar-refractivity contribution in [3.8, 4) is 11.5 Å². The predicted molar refractivity (Wildman–Crippen MR) is 126 cm³/mol. The molecule has 1 N–H and O–H groups in total. The van der Waals surface area contributed by atoms with E-state index < -0.39 is 10.0 Å². The average molecular weight is 472 g/mol. The summed E-state index contributed by atoms with van der Waals surface area (Å²) in [6.07, 6.45) is 4.03. The Bertz CT molecular complexity index is 1230. The molecule has 8 nitrogen and oxygen atoms in total. The lowest BCUT2D eigenvalue weighted by Gasteiger charge is -2.34. The molecule has 33 heavy (non-hydrogen) atoms. The molecule has 0 bridgehead atoms. The lowest BCUT2D eigenvalue weighted by molar-refractivity contribution is -0.132. The smallest absolute Gasteiger partial charge is 0.243 e. The van der Waals surface area contributed by atoms with E-state index in [2.05, 4.69) is 11.1 Å². The Balaban J connectivity index is 1.31. The number of methoxy groups -OCH3 is 2. The van der Waals surface area contributed by atoms with E-state index in [1.807, 2.05) is 24.4 Å². The van der Waals surface area contributed by atoms with Crippen LogP contribution in [0.5, 0.6) is 11.5 Å². The Labute approximate surface area is 194 Å². The van der Waals surface area contributed by atoms with Crippen LogP contribution in [0.25, 0.3) is 10.9 Å². The fourth-order valence-electron chi connectivity index (χ4n) is 4.23. The minimum Gasteiger partial charge on any atom is -0.493 e. The second kappa shape index (κ2) is 9.84. The van der Waals surface area contributed by atoms with E-state index in [4.69, 9.17) is 9.47 Å². The van der Waals surface area contributed by atoms with Gasteiger partial charge in [-0.3, -0.25) is 4.79 Å². The third-order valence-electron chi connectivity index (χ3n) is 6.10. The number of piperazine rings is 1. The number of benzene rings is 2. The third-order valence-corrected chi connectivity index (χ3v) is 7.99. The normalized spacial score (nSPS) is 15.0. The Morgan fingerprint density at radius 2 is 1.73 bits per heavy atom. The molecule has 2 heterocycles. The molecule has 0 unspecified atom stereocenters. The number of hydrogen-bond acceptors (Lipinski definition) is 5. The van der Waals surface area contributed by atoms with E-state index in [0.29, 0.717) is 31.0 Å². The third kappa shape index (κ3) is 4.84. The molecule has 4 rings (SSSR count). The van der Waals surface area contributed by atoms with Gasteiger partial charge < -0.3 is 19.4 Å². The van der Waals surface area contributed by atoms with Crippen molar-refractivity contribution >= 4 is 26.8 Å². The number of rotatable bonds is 8. The standard InChI is InChI=1S/C24H29N3O5S/c1-31-22-11-10-19(16-23(22)32-2)33(29,30)27-14-12-26(13-15-27)24(28)9-5-6-18-17-25-21-8-4-3-7-20(18)21/h3-4,7-8,10-11,16-17,25H,5-6,9,12-15H2,1-2H3. The highest BCUT2D eigenvalue weighted by Gasteiger charge is 2.30. The molecular formula is C24H29N3O5S. The van der Waals surface area contributed by atoms with Gasteiger partial charge in [0.15, 0.2) is 11.5 Å². The Morgan fingerprint density at radius 1 is 1.00 bits per heavy atom. The summed E-state index contributed by atoms with van der Waals surface area (Å²) in [7, 11) is -0.708. The summed E-state index contributed by atoms with van der Waals surface area (Å²) >= 11 is 0. The number of para-hydroxylation sites is 1. The maximum atomic E-state index is 13.1. The minimum atomic E-state index is -3.68. The first-order chi connectivity index (χ1) is 15.9. The number of fused-ring (bicyclic) bond motifs is 1. The molecule has 0 saturated carbocycles. The summed E-state index contributed by atoms with van der Waals surface area (Å²) in [5.74, 6) is 0.903. The van der Waals surface area contributed by atoms with Crippen molar-refractivity contribution in [3.63, 3.8) is 0 Å². The number of H-pyrrole nitrogens is 1. The number of carbonyl (C=O) groups is 1. The van der Waals surface area contributed by atoms with Gasteiger partial charge in [0, 0.05) is 55.8 Å². The van der Waals surface area contributed by atoms with Crippen LogP contribution >= 0.6 is 0 Å². The summed E-state index contributed by atoms with van der Waals surface area (Å²) in [4.78, 5) is 17.9. The van der Waals surface area contributed by atoms with Crippen molar-refractivity contribution < 1.29 is 22.7 Å². The van der Waals surface area contributed by atoms with Crippen molar-refractivity contribution in [1.82, 2.24) is 14.2 Å². The molecule has 0 atom stereocenters. The van der Waals surface area contributed by atoms with Crippen LogP contribution in [-0.2, 0) is 21.2 Å². The largest absolute Gasteiger partial charge is 0.493 e. The molecule has 1 aromatic heterocycles. The van der Waals surface area contributed by atoms with Crippen LogP contribution in [0.3, 0.4) is 0 Å². The van der Waals surface area contributed by atoms with Gasteiger partial charge in [0.05, 0.1) is 19.1 Å². The number of amides is 1. The second-order valence-corrected chi connectivity index (χ2v) is 9.95. The van der Waals surface area contributed by atoms with Crippen molar-refractivity contribution in [3.05, 3.63) is 54.2 Å². The zero-order valence-corrected chi connectivity index (χ0v) is 19.7. The zero-order valence-electron chi connectivity index (χ0n) is 18.9. The van der Waals surface area contributed by atoms with Gasteiger partial charge >= 0.3 is 0 Å². The minimum absolute atomic E-state index is 0.0676. The Hall–Kier alpha value is -3.04. The molecule has 0 spiro atoms. The number of nitrogens with one attached hydrogen (secondary N) is 1. The van der Waals surface area contributed by atoms with Gasteiger partial charge in [0.1, 0.15) is 0 Å². The highest BCUT2D eigenvalue weighted by molar-refractivity contribution is 7.89. The topological polar surface area (TPSA) is 91.9 Å².